The fraction of sp³-hybridized carbons (Fsp3) is 0.741. The van der Waals surface area contributed by atoms with Crippen molar-refractivity contribution < 1.29 is 17.9 Å². The van der Waals surface area contributed by atoms with Crippen LogP contribution in [0.4, 0.5) is 0 Å². The van der Waals surface area contributed by atoms with Gasteiger partial charge in [0.1, 0.15) is 5.75 Å². The van der Waals surface area contributed by atoms with Crippen LogP contribution in [-0.2, 0) is 14.8 Å². The number of nitrogens with one attached hydrogen (secondary N) is 1. The smallest absolute Gasteiger partial charge is 0.243 e. The van der Waals surface area contributed by atoms with Crippen LogP contribution in [-0.4, -0.2) is 119 Å². The quantitative estimate of drug-likeness (QED) is 0.462. The summed E-state index contributed by atoms with van der Waals surface area (Å²) in [5.41, 5.74) is 1.28. The van der Waals surface area contributed by atoms with Crippen molar-refractivity contribution in [1.82, 2.24) is 24.3 Å². The zero-order valence-electron chi connectivity index (χ0n) is 23.6. The van der Waals surface area contributed by atoms with Gasteiger partial charge in [0.25, 0.3) is 0 Å². The number of hydrogen-bond acceptors (Lipinski definition) is 7. The molecule has 0 aliphatic carbocycles. The van der Waals surface area contributed by atoms with Crippen LogP contribution in [0.2, 0.25) is 0 Å². The van der Waals surface area contributed by atoms with Gasteiger partial charge in [-0.2, -0.15) is 0 Å². The maximum atomic E-state index is 13.2. The third-order valence-corrected chi connectivity index (χ3v) is 9.99. The second kappa shape index (κ2) is 13.4. The molecule has 3 rings (SSSR count). The number of aryl methyl sites for hydroxylation is 2. The Bertz CT molecular complexity index is 977. The Hall–Kier alpha value is -1.72. The van der Waals surface area contributed by atoms with Crippen molar-refractivity contribution in [3.8, 4) is 5.75 Å². The number of piperidine rings is 2. The molecule has 10 heteroatoms. The molecule has 2 aliphatic rings. The Morgan fingerprint density at radius 2 is 1.59 bits per heavy atom. The molecule has 1 aromatic carbocycles. The number of rotatable bonds is 11. The van der Waals surface area contributed by atoms with E-state index in [1.54, 1.807) is 33.1 Å². The van der Waals surface area contributed by atoms with Crippen LogP contribution in [0, 0.1) is 13.8 Å². The van der Waals surface area contributed by atoms with Gasteiger partial charge in [0.2, 0.25) is 15.9 Å². The monoisotopic (exact) mass is 537 g/mol. The van der Waals surface area contributed by atoms with E-state index < -0.39 is 10.0 Å². The first-order valence-corrected chi connectivity index (χ1v) is 15.0. The topological polar surface area (TPSA) is 85.4 Å². The lowest BCUT2D eigenvalue weighted by atomic mass is 9.97. The molecule has 2 fully saturated rings. The molecular formula is C27H47N5O4S. The number of methoxy groups -OCH3 is 1. The third-order valence-electron chi connectivity index (χ3n) is 7.82. The maximum absolute atomic E-state index is 13.2. The van der Waals surface area contributed by atoms with Crippen molar-refractivity contribution in [2.45, 2.75) is 62.9 Å². The number of likely N-dealkylation sites (N-methyl/N-ethyl adjacent to an activating group) is 1. The number of likely N-dealkylation sites (tertiary alicyclic amines) is 2. The molecule has 0 aromatic heterocycles. The average Bonchev–Trinajstić information content (AvgIpc) is 2.86. The Labute approximate surface area is 224 Å². The molecule has 9 nitrogen and oxygen atoms in total. The normalized spacial score (nSPS) is 19.0. The summed E-state index contributed by atoms with van der Waals surface area (Å²) in [6.07, 6.45) is 4.49. The molecule has 0 radical (unpaired) electrons. The van der Waals surface area contributed by atoms with E-state index in [2.05, 4.69) is 34.1 Å². The molecule has 1 N–H and O–H groups in total. The summed E-state index contributed by atoms with van der Waals surface area (Å²) in [5.74, 6) is 0.547. The highest BCUT2D eigenvalue weighted by Crippen LogP contribution is 2.28. The molecule has 0 unspecified atom stereocenters. The summed E-state index contributed by atoms with van der Waals surface area (Å²) in [7, 11) is 3.65. The number of hydrogen-bond donors (Lipinski definition) is 1. The number of sulfonamides is 1. The van der Waals surface area contributed by atoms with Gasteiger partial charge in [0.05, 0.1) is 12.0 Å². The fourth-order valence-electron chi connectivity index (χ4n) is 5.53. The standard InChI is InChI=1S/C27H47N5O4S/c1-21-19-25(36-6)20-22(2)27(21)37(34,35)30(5)12-11-26(33)28-23-7-15-32(16-8-23)24-9-13-31(14-10-24)18-17-29(3)4/h19-20,23-24H,7-18H2,1-6H3,(H,28,33). The molecule has 1 aromatic rings. The van der Waals surface area contributed by atoms with E-state index in [0.29, 0.717) is 22.9 Å². The molecule has 37 heavy (non-hydrogen) atoms. The zero-order valence-corrected chi connectivity index (χ0v) is 24.4. The summed E-state index contributed by atoms with van der Waals surface area (Å²) in [5, 5.41) is 3.14. The van der Waals surface area contributed by atoms with Gasteiger partial charge >= 0.3 is 0 Å². The predicted octanol–water partition coefficient (Wildman–Crippen LogP) is 1.93. The predicted molar refractivity (Wildman–Crippen MR) is 148 cm³/mol. The van der Waals surface area contributed by atoms with Gasteiger partial charge in [-0.05, 0) is 90.0 Å². The number of ether oxygens (including phenoxy) is 1. The van der Waals surface area contributed by atoms with Crippen molar-refractivity contribution in [3.63, 3.8) is 0 Å². The largest absolute Gasteiger partial charge is 0.497 e. The number of benzene rings is 1. The maximum Gasteiger partial charge on any atom is 0.243 e. The van der Waals surface area contributed by atoms with Crippen LogP contribution in [0.25, 0.3) is 0 Å². The van der Waals surface area contributed by atoms with Crippen molar-refractivity contribution in [3.05, 3.63) is 23.3 Å². The van der Waals surface area contributed by atoms with Crippen LogP contribution in [0.1, 0.15) is 43.2 Å². The minimum absolute atomic E-state index is 0.0853. The van der Waals surface area contributed by atoms with E-state index in [-0.39, 0.29) is 29.8 Å². The Morgan fingerprint density at radius 3 is 2.14 bits per heavy atom. The summed E-state index contributed by atoms with van der Waals surface area (Å²) < 4.78 is 32.9. The number of carbonyl (C=O) groups is 1. The molecule has 0 saturated carbocycles. The first-order valence-electron chi connectivity index (χ1n) is 13.5. The fourth-order valence-corrected chi connectivity index (χ4v) is 7.10. The van der Waals surface area contributed by atoms with Crippen molar-refractivity contribution >= 4 is 15.9 Å². The van der Waals surface area contributed by atoms with Crippen LogP contribution in [0.15, 0.2) is 17.0 Å². The number of nitrogens with zero attached hydrogens (tertiary/aromatic N) is 4. The second-order valence-electron chi connectivity index (χ2n) is 10.9. The average molecular weight is 538 g/mol. The van der Waals surface area contributed by atoms with Crippen LogP contribution >= 0.6 is 0 Å². The first-order chi connectivity index (χ1) is 17.5. The zero-order chi connectivity index (χ0) is 27.2. The molecule has 2 heterocycles. The van der Waals surface area contributed by atoms with E-state index in [9.17, 15) is 13.2 Å². The first kappa shape index (κ1) is 29.8. The minimum atomic E-state index is -3.70. The number of carbonyl (C=O) groups excluding carboxylic acids is 1. The van der Waals surface area contributed by atoms with Gasteiger partial charge in [0.15, 0.2) is 0 Å². The highest BCUT2D eigenvalue weighted by Gasteiger charge is 2.29. The van der Waals surface area contributed by atoms with E-state index in [0.717, 1.165) is 39.0 Å². The summed E-state index contributed by atoms with van der Waals surface area (Å²) in [4.78, 5) is 20.3. The molecule has 210 valence electrons. The highest BCUT2D eigenvalue weighted by atomic mass is 32.2. The lowest BCUT2D eigenvalue weighted by Gasteiger charge is -2.42. The van der Waals surface area contributed by atoms with Gasteiger partial charge in [-0.25, -0.2) is 12.7 Å². The van der Waals surface area contributed by atoms with Crippen molar-refractivity contribution in [1.29, 1.82) is 0 Å². The Balaban J connectivity index is 1.41. The van der Waals surface area contributed by atoms with Gasteiger partial charge in [-0.1, -0.05) is 0 Å². The van der Waals surface area contributed by atoms with E-state index >= 15 is 0 Å². The molecule has 2 saturated heterocycles. The van der Waals surface area contributed by atoms with Crippen LogP contribution in [0.5, 0.6) is 5.75 Å². The summed E-state index contributed by atoms with van der Waals surface area (Å²) in [6, 6.07) is 4.26. The van der Waals surface area contributed by atoms with Crippen LogP contribution < -0.4 is 10.1 Å². The van der Waals surface area contributed by atoms with E-state index in [1.807, 2.05) is 0 Å². The SMILES string of the molecule is COc1cc(C)c(S(=O)(=O)N(C)CCC(=O)NC2CCN(C3CCN(CCN(C)C)CC3)CC2)c(C)c1. The van der Waals surface area contributed by atoms with Gasteiger partial charge in [-0.3, -0.25) is 4.79 Å². The summed E-state index contributed by atoms with van der Waals surface area (Å²) >= 11 is 0. The molecule has 0 bridgehead atoms. The Morgan fingerprint density at radius 1 is 1.00 bits per heavy atom. The lowest BCUT2D eigenvalue weighted by molar-refractivity contribution is -0.122. The molecule has 1 amide bonds. The molecule has 2 aliphatic heterocycles. The van der Waals surface area contributed by atoms with E-state index in [4.69, 9.17) is 4.74 Å². The highest BCUT2D eigenvalue weighted by molar-refractivity contribution is 7.89. The molecule has 0 atom stereocenters. The Kier molecular flexibility index (Phi) is 10.8. The van der Waals surface area contributed by atoms with Gasteiger partial charge < -0.3 is 24.8 Å². The van der Waals surface area contributed by atoms with Crippen LogP contribution in [0.3, 0.4) is 0 Å². The minimum Gasteiger partial charge on any atom is -0.497 e. The van der Waals surface area contributed by atoms with E-state index in [1.165, 1.54) is 37.3 Å². The third kappa shape index (κ3) is 8.13. The lowest BCUT2D eigenvalue weighted by Crippen LogP contribution is -2.51. The van der Waals surface area contributed by atoms with Crippen molar-refractivity contribution in [2.75, 3.05) is 74.1 Å². The second-order valence-corrected chi connectivity index (χ2v) is 12.9. The van der Waals surface area contributed by atoms with Crippen molar-refractivity contribution in [2.24, 2.45) is 0 Å². The van der Waals surface area contributed by atoms with Gasteiger partial charge in [-0.15, -0.1) is 0 Å². The number of amides is 1. The van der Waals surface area contributed by atoms with Gasteiger partial charge in [0, 0.05) is 58.3 Å². The summed E-state index contributed by atoms with van der Waals surface area (Å²) in [6.45, 7) is 10.3. The molecule has 0 spiro atoms. The molecular weight excluding hydrogens is 490 g/mol.